The van der Waals surface area contributed by atoms with Gasteiger partial charge in [-0.15, -0.1) is 12.4 Å². The van der Waals surface area contributed by atoms with Crippen LogP contribution in [0.15, 0.2) is 35.9 Å². The topological polar surface area (TPSA) is 41.6 Å². The quantitative estimate of drug-likeness (QED) is 0.663. The van der Waals surface area contributed by atoms with Crippen molar-refractivity contribution in [3.8, 4) is 0 Å². The van der Waals surface area contributed by atoms with Crippen molar-refractivity contribution in [2.75, 3.05) is 39.4 Å². The molecule has 1 aliphatic rings. The second-order valence-electron chi connectivity index (χ2n) is 6.79. The van der Waals surface area contributed by atoms with E-state index >= 15 is 0 Å². The molecule has 0 aliphatic carbocycles. The fraction of sp³-hybridized carbons (Fsp3) is 0.571. The Kier molecular flexibility index (Phi) is 11.3. The zero-order valence-corrected chi connectivity index (χ0v) is 16.9. The summed E-state index contributed by atoms with van der Waals surface area (Å²) < 4.78 is 5.29. The number of piperidine rings is 1. The molecule has 0 atom stereocenters. The molecule has 0 saturated carbocycles. The molecule has 1 fully saturated rings. The number of ether oxygens (including phenoxy) is 1. The Morgan fingerprint density at radius 1 is 1.27 bits per heavy atom. The number of amides is 1. The van der Waals surface area contributed by atoms with E-state index in [1.165, 1.54) is 11.1 Å². The molecule has 5 heteroatoms. The van der Waals surface area contributed by atoms with Gasteiger partial charge in [-0.05, 0) is 51.8 Å². The maximum absolute atomic E-state index is 12.2. The third-order valence-electron chi connectivity index (χ3n) is 4.61. The summed E-state index contributed by atoms with van der Waals surface area (Å²) >= 11 is 0. The van der Waals surface area contributed by atoms with Crippen LogP contribution in [0.2, 0.25) is 0 Å². The van der Waals surface area contributed by atoms with Crippen LogP contribution in [0, 0.1) is 5.92 Å². The average molecular weight is 381 g/mol. The molecule has 1 aliphatic heterocycles. The van der Waals surface area contributed by atoms with Crippen molar-refractivity contribution in [1.29, 1.82) is 0 Å². The average Bonchev–Trinajstić information content (AvgIpc) is 2.63. The van der Waals surface area contributed by atoms with Gasteiger partial charge in [0.05, 0.1) is 0 Å². The number of likely N-dealkylation sites (tertiary alicyclic amines) is 1. The predicted octanol–water partition coefficient (Wildman–Crippen LogP) is 3.77. The first-order chi connectivity index (χ1) is 12.2. The fourth-order valence-electron chi connectivity index (χ4n) is 3.26. The molecule has 26 heavy (non-hydrogen) atoms. The summed E-state index contributed by atoms with van der Waals surface area (Å²) in [6.45, 7) is 9.34. The molecule has 1 aromatic carbocycles. The van der Waals surface area contributed by atoms with Crippen molar-refractivity contribution >= 4 is 24.4 Å². The van der Waals surface area contributed by atoms with Gasteiger partial charge in [-0.3, -0.25) is 9.69 Å². The fourth-order valence-corrected chi connectivity index (χ4v) is 3.26. The minimum atomic E-state index is 0. The van der Waals surface area contributed by atoms with Crippen LogP contribution in [0.1, 0.15) is 38.7 Å². The number of halogens is 1. The van der Waals surface area contributed by atoms with E-state index in [0.717, 1.165) is 58.7 Å². The largest absolute Gasteiger partial charge is 0.382 e. The molecular formula is C21H33ClN2O2. The molecule has 0 aromatic heterocycles. The third-order valence-corrected chi connectivity index (χ3v) is 4.61. The predicted molar refractivity (Wildman–Crippen MR) is 111 cm³/mol. The number of carbonyl (C=O) groups excluding carboxylic acids is 1. The molecule has 0 unspecified atom stereocenters. The second-order valence-corrected chi connectivity index (χ2v) is 6.79. The van der Waals surface area contributed by atoms with Gasteiger partial charge in [0.15, 0.2) is 0 Å². The van der Waals surface area contributed by atoms with Gasteiger partial charge >= 0.3 is 0 Å². The van der Waals surface area contributed by atoms with E-state index in [4.69, 9.17) is 4.74 Å². The van der Waals surface area contributed by atoms with Gasteiger partial charge in [0, 0.05) is 32.2 Å². The van der Waals surface area contributed by atoms with Crippen molar-refractivity contribution in [2.45, 2.75) is 33.1 Å². The van der Waals surface area contributed by atoms with Crippen LogP contribution in [-0.2, 0) is 9.53 Å². The summed E-state index contributed by atoms with van der Waals surface area (Å²) in [6.07, 6.45) is 5.05. The maximum Gasteiger partial charge on any atom is 0.223 e. The SMILES string of the molecule is CCOCCCNC(=O)C1CCN(C/C(C)=C/c2ccccc2)CC1.Cl. The summed E-state index contributed by atoms with van der Waals surface area (Å²) in [4.78, 5) is 14.7. The maximum atomic E-state index is 12.2. The summed E-state index contributed by atoms with van der Waals surface area (Å²) in [5.41, 5.74) is 2.62. The molecule has 1 saturated heterocycles. The third kappa shape index (κ3) is 8.35. The standard InChI is InChI=1S/C21H32N2O2.ClH/c1-3-25-15-7-12-22-21(24)20-10-13-23(14-11-20)17-18(2)16-19-8-5-4-6-9-19;/h4-6,8-9,16,20H,3,7,10-15,17H2,1-2H3,(H,22,24);1H/b18-16+;. The molecule has 0 spiro atoms. The lowest BCUT2D eigenvalue weighted by atomic mass is 9.95. The van der Waals surface area contributed by atoms with Crippen LogP contribution in [0.4, 0.5) is 0 Å². The lowest BCUT2D eigenvalue weighted by Gasteiger charge is -2.31. The lowest BCUT2D eigenvalue weighted by molar-refractivity contribution is -0.126. The molecule has 4 nitrogen and oxygen atoms in total. The molecule has 146 valence electrons. The van der Waals surface area contributed by atoms with E-state index in [0.29, 0.717) is 0 Å². The minimum Gasteiger partial charge on any atom is -0.382 e. The summed E-state index contributed by atoms with van der Waals surface area (Å²) in [6, 6.07) is 10.4. The number of nitrogens with zero attached hydrogens (tertiary/aromatic N) is 1. The molecular weight excluding hydrogens is 348 g/mol. The van der Waals surface area contributed by atoms with Crippen LogP contribution in [0.5, 0.6) is 0 Å². The van der Waals surface area contributed by atoms with E-state index in [-0.39, 0.29) is 24.2 Å². The number of carbonyl (C=O) groups is 1. The first kappa shape index (κ1) is 22.7. The number of benzene rings is 1. The van der Waals surface area contributed by atoms with Crippen LogP contribution in [-0.4, -0.2) is 50.2 Å². The Bertz CT molecular complexity index is 540. The van der Waals surface area contributed by atoms with E-state index in [2.05, 4.69) is 47.5 Å². The summed E-state index contributed by atoms with van der Waals surface area (Å²) in [5, 5.41) is 3.05. The summed E-state index contributed by atoms with van der Waals surface area (Å²) in [5.74, 6) is 0.384. The van der Waals surface area contributed by atoms with E-state index in [1.807, 2.05) is 13.0 Å². The second kappa shape index (κ2) is 12.9. The van der Waals surface area contributed by atoms with Gasteiger partial charge in [-0.1, -0.05) is 42.0 Å². The summed E-state index contributed by atoms with van der Waals surface area (Å²) in [7, 11) is 0. The van der Waals surface area contributed by atoms with Gasteiger partial charge in [-0.2, -0.15) is 0 Å². The van der Waals surface area contributed by atoms with Crippen molar-refractivity contribution < 1.29 is 9.53 Å². The van der Waals surface area contributed by atoms with Gasteiger partial charge < -0.3 is 10.1 Å². The van der Waals surface area contributed by atoms with Crippen molar-refractivity contribution in [3.63, 3.8) is 0 Å². The number of hydrogen-bond donors (Lipinski definition) is 1. The highest BCUT2D eigenvalue weighted by Crippen LogP contribution is 2.19. The Morgan fingerprint density at radius 3 is 2.62 bits per heavy atom. The Balaban J connectivity index is 0.00000338. The molecule has 1 amide bonds. The van der Waals surface area contributed by atoms with E-state index in [1.54, 1.807) is 0 Å². The molecule has 0 radical (unpaired) electrons. The zero-order chi connectivity index (χ0) is 17.9. The van der Waals surface area contributed by atoms with Gasteiger partial charge in [0.25, 0.3) is 0 Å². The lowest BCUT2D eigenvalue weighted by Crippen LogP contribution is -2.41. The van der Waals surface area contributed by atoms with E-state index < -0.39 is 0 Å². The smallest absolute Gasteiger partial charge is 0.223 e. The molecule has 1 N–H and O–H groups in total. The van der Waals surface area contributed by atoms with Crippen LogP contribution in [0.25, 0.3) is 6.08 Å². The number of rotatable bonds is 9. The van der Waals surface area contributed by atoms with Crippen LogP contribution >= 0.6 is 12.4 Å². The molecule has 2 rings (SSSR count). The number of hydrogen-bond acceptors (Lipinski definition) is 3. The first-order valence-corrected chi connectivity index (χ1v) is 9.49. The Hall–Kier alpha value is -1.36. The van der Waals surface area contributed by atoms with Crippen molar-refractivity contribution in [3.05, 3.63) is 41.5 Å². The molecule has 1 heterocycles. The molecule has 1 aromatic rings. The van der Waals surface area contributed by atoms with E-state index in [9.17, 15) is 4.79 Å². The Labute approximate surface area is 164 Å². The van der Waals surface area contributed by atoms with Gasteiger partial charge in [-0.25, -0.2) is 0 Å². The number of nitrogens with one attached hydrogen (secondary N) is 1. The van der Waals surface area contributed by atoms with Crippen LogP contribution < -0.4 is 5.32 Å². The molecule has 0 bridgehead atoms. The van der Waals surface area contributed by atoms with Gasteiger partial charge in [0.1, 0.15) is 0 Å². The monoisotopic (exact) mass is 380 g/mol. The van der Waals surface area contributed by atoms with Crippen LogP contribution in [0.3, 0.4) is 0 Å². The normalized spacial score (nSPS) is 16.2. The highest BCUT2D eigenvalue weighted by molar-refractivity contribution is 5.85. The first-order valence-electron chi connectivity index (χ1n) is 9.49. The van der Waals surface area contributed by atoms with Crippen molar-refractivity contribution in [2.24, 2.45) is 5.92 Å². The van der Waals surface area contributed by atoms with Crippen molar-refractivity contribution in [1.82, 2.24) is 10.2 Å². The minimum absolute atomic E-state index is 0. The van der Waals surface area contributed by atoms with Gasteiger partial charge in [0.2, 0.25) is 5.91 Å². The zero-order valence-electron chi connectivity index (χ0n) is 16.1. The highest BCUT2D eigenvalue weighted by Gasteiger charge is 2.24. The Morgan fingerprint density at radius 2 is 1.96 bits per heavy atom. The highest BCUT2D eigenvalue weighted by atomic mass is 35.5.